The van der Waals surface area contributed by atoms with Gasteiger partial charge in [-0.1, -0.05) is 61.5 Å². The number of hydrogen-bond acceptors (Lipinski definition) is 4. The van der Waals surface area contributed by atoms with Gasteiger partial charge in [0.15, 0.2) is 0 Å². The van der Waals surface area contributed by atoms with E-state index in [0.717, 1.165) is 27.2 Å². The van der Waals surface area contributed by atoms with Crippen molar-refractivity contribution in [3.63, 3.8) is 0 Å². The Hall–Kier alpha value is -3.61. The molecule has 0 aliphatic heterocycles. The molecule has 0 bridgehead atoms. The first kappa shape index (κ1) is 22.1. The summed E-state index contributed by atoms with van der Waals surface area (Å²) in [4.78, 5) is 37.3. The minimum absolute atomic E-state index is 0.0774. The highest BCUT2D eigenvalue weighted by Gasteiger charge is 2.30. The fourth-order valence-electron chi connectivity index (χ4n) is 3.89. The van der Waals surface area contributed by atoms with E-state index in [4.69, 9.17) is 9.84 Å². The molecule has 0 saturated heterocycles. The SMILES string of the molecule is C=CCN(CC(=O)O)C(=O)C(CC)NC(=O)OCC1c2ccccc2-c2ccccc21. The van der Waals surface area contributed by atoms with E-state index in [0.29, 0.717) is 6.42 Å². The van der Waals surface area contributed by atoms with Gasteiger partial charge in [0.2, 0.25) is 5.91 Å². The number of nitrogens with zero attached hydrogens (tertiary/aromatic N) is 1. The highest BCUT2D eigenvalue weighted by molar-refractivity contribution is 5.88. The van der Waals surface area contributed by atoms with Crippen molar-refractivity contribution in [1.82, 2.24) is 10.2 Å². The Morgan fingerprint density at radius 1 is 1.13 bits per heavy atom. The molecule has 0 heterocycles. The number of nitrogens with one attached hydrogen (secondary N) is 1. The van der Waals surface area contributed by atoms with Crippen LogP contribution in [0.2, 0.25) is 0 Å². The smallest absolute Gasteiger partial charge is 0.407 e. The van der Waals surface area contributed by atoms with Crippen LogP contribution in [0.1, 0.15) is 30.4 Å². The van der Waals surface area contributed by atoms with Crippen LogP contribution < -0.4 is 5.32 Å². The van der Waals surface area contributed by atoms with Gasteiger partial charge in [0, 0.05) is 12.5 Å². The van der Waals surface area contributed by atoms with Crippen LogP contribution in [0.25, 0.3) is 11.1 Å². The second-order valence-electron chi connectivity index (χ2n) is 7.33. The highest BCUT2D eigenvalue weighted by Crippen LogP contribution is 2.44. The van der Waals surface area contributed by atoms with E-state index in [1.54, 1.807) is 6.92 Å². The third-order valence-electron chi connectivity index (χ3n) is 5.33. The summed E-state index contributed by atoms with van der Waals surface area (Å²) >= 11 is 0. The van der Waals surface area contributed by atoms with Crippen molar-refractivity contribution < 1.29 is 24.2 Å². The van der Waals surface area contributed by atoms with Gasteiger partial charge >= 0.3 is 12.1 Å². The molecule has 0 fully saturated rings. The van der Waals surface area contributed by atoms with Crippen molar-refractivity contribution in [2.24, 2.45) is 0 Å². The van der Waals surface area contributed by atoms with Crippen LogP contribution in [-0.2, 0) is 14.3 Å². The molecule has 1 aliphatic carbocycles. The number of amides is 2. The Kier molecular flexibility index (Phi) is 7.07. The summed E-state index contributed by atoms with van der Waals surface area (Å²) in [6.45, 7) is 5.03. The Labute approximate surface area is 181 Å². The fraction of sp³-hybridized carbons (Fsp3) is 0.292. The Morgan fingerprint density at radius 2 is 1.71 bits per heavy atom. The van der Waals surface area contributed by atoms with Crippen LogP contribution in [0.4, 0.5) is 4.79 Å². The van der Waals surface area contributed by atoms with Crippen molar-refractivity contribution in [3.05, 3.63) is 72.3 Å². The van der Waals surface area contributed by atoms with Gasteiger partial charge in [0.05, 0.1) is 0 Å². The Bertz CT molecular complexity index is 942. The summed E-state index contributed by atoms with van der Waals surface area (Å²) in [6, 6.07) is 15.2. The Balaban J connectivity index is 1.66. The quantitative estimate of drug-likeness (QED) is 0.604. The van der Waals surface area contributed by atoms with Crippen LogP contribution in [0.15, 0.2) is 61.2 Å². The van der Waals surface area contributed by atoms with Gasteiger partial charge in [-0.3, -0.25) is 9.59 Å². The lowest BCUT2D eigenvalue weighted by Crippen LogP contribution is -2.49. The van der Waals surface area contributed by atoms with Gasteiger partial charge in [0.1, 0.15) is 19.2 Å². The number of ether oxygens (including phenoxy) is 1. The monoisotopic (exact) mass is 422 g/mol. The van der Waals surface area contributed by atoms with Crippen LogP contribution >= 0.6 is 0 Å². The van der Waals surface area contributed by atoms with Gasteiger partial charge in [0.25, 0.3) is 0 Å². The van der Waals surface area contributed by atoms with E-state index >= 15 is 0 Å². The average molecular weight is 422 g/mol. The third kappa shape index (κ3) is 4.94. The maximum absolute atomic E-state index is 12.7. The van der Waals surface area contributed by atoms with Crippen LogP contribution in [0, 0.1) is 0 Å². The predicted molar refractivity (Wildman–Crippen MR) is 117 cm³/mol. The molecule has 0 radical (unpaired) electrons. The van der Waals surface area contributed by atoms with Crippen molar-refractivity contribution in [2.75, 3.05) is 19.7 Å². The molecule has 0 saturated carbocycles. The molecule has 2 aromatic rings. The third-order valence-corrected chi connectivity index (χ3v) is 5.33. The molecule has 31 heavy (non-hydrogen) atoms. The number of aliphatic carboxylic acids is 1. The lowest BCUT2D eigenvalue weighted by atomic mass is 9.98. The lowest BCUT2D eigenvalue weighted by molar-refractivity contribution is -0.144. The number of carboxylic acid groups (broad SMARTS) is 1. The molecule has 0 aromatic heterocycles. The van der Waals surface area contributed by atoms with E-state index in [-0.39, 0.29) is 19.1 Å². The minimum atomic E-state index is -1.13. The average Bonchev–Trinajstić information content (AvgIpc) is 3.09. The first-order valence-electron chi connectivity index (χ1n) is 10.2. The van der Waals surface area contributed by atoms with E-state index < -0.39 is 30.6 Å². The molecule has 3 rings (SSSR count). The van der Waals surface area contributed by atoms with Gasteiger partial charge in [-0.05, 0) is 28.7 Å². The maximum atomic E-state index is 12.7. The van der Waals surface area contributed by atoms with Crippen molar-refractivity contribution in [2.45, 2.75) is 25.3 Å². The molecule has 1 unspecified atom stereocenters. The zero-order valence-corrected chi connectivity index (χ0v) is 17.4. The molecule has 7 nitrogen and oxygen atoms in total. The summed E-state index contributed by atoms with van der Waals surface area (Å²) in [5, 5.41) is 11.6. The topological polar surface area (TPSA) is 95.9 Å². The van der Waals surface area contributed by atoms with Crippen molar-refractivity contribution in [3.8, 4) is 11.1 Å². The number of alkyl carbamates (subject to hydrolysis) is 1. The van der Waals surface area contributed by atoms with Crippen molar-refractivity contribution >= 4 is 18.0 Å². The molecular weight excluding hydrogens is 396 g/mol. The molecule has 1 aliphatic rings. The number of carbonyl (C=O) groups is 3. The molecule has 2 aromatic carbocycles. The van der Waals surface area contributed by atoms with E-state index in [2.05, 4.69) is 24.0 Å². The molecule has 0 spiro atoms. The first-order chi connectivity index (χ1) is 15.0. The van der Waals surface area contributed by atoms with Crippen LogP contribution in [0.5, 0.6) is 0 Å². The first-order valence-corrected chi connectivity index (χ1v) is 10.2. The summed E-state index contributed by atoms with van der Waals surface area (Å²) < 4.78 is 5.49. The number of fused-ring (bicyclic) bond motifs is 3. The number of carbonyl (C=O) groups excluding carboxylic acids is 2. The number of carboxylic acids is 1. The molecular formula is C24H26N2O5. The van der Waals surface area contributed by atoms with Gasteiger partial charge < -0.3 is 20.1 Å². The van der Waals surface area contributed by atoms with Gasteiger partial charge in [-0.25, -0.2) is 4.79 Å². The zero-order valence-electron chi connectivity index (χ0n) is 17.4. The fourth-order valence-corrected chi connectivity index (χ4v) is 3.89. The number of benzene rings is 2. The summed E-state index contributed by atoms with van der Waals surface area (Å²) in [7, 11) is 0. The lowest BCUT2D eigenvalue weighted by Gasteiger charge is -2.25. The highest BCUT2D eigenvalue weighted by atomic mass is 16.5. The van der Waals surface area contributed by atoms with Crippen LogP contribution in [0.3, 0.4) is 0 Å². The predicted octanol–water partition coefficient (Wildman–Crippen LogP) is 3.40. The molecule has 162 valence electrons. The maximum Gasteiger partial charge on any atom is 0.407 e. The van der Waals surface area contributed by atoms with Crippen LogP contribution in [-0.4, -0.2) is 53.7 Å². The second kappa shape index (κ2) is 9.93. The van der Waals surface area contributed by atoms with Gasteiger partial charge in [-0.2, -0.15) is 0 Å². The minimum Gasteiger partial charge on any atom is -0.480 e. The largest absolute Gasteiger partial charge is 0.480 e. The second-order valence-corrected chi connectivity index (χ2v) is 7.33. The summed E-state index contributed by atoms with van der Waals surface area (Å²) in [6.07, 6.45) is 1.04. The normalized spacial score (nSPS) is 12.9. The zero-order chi connectivity index (χ0) is 22.4. The molecule has 2 amide bonds. The number of hydrogen-bond donors (Lipinski definition) is 2. The van der Waals surface area contributed by atoms with E-state index in [9.17, 15) is 14.4 Å². The summed E-state index contributed by atoms with van der Waals surface area (Å²) in [5.74, 6) is -1.71. The summed E-state index contributed by atoms with van der Waals surface area (Å²) in [5.41, 5.74) is 4.45. The van der Waals surface area contributed by atoms with Gasteiger partial charge in [-0.15, -0.1) is 6.58 Å². The van der Waals surface area contributed by atoms with E-state index in [1.165, 1.54) is 6.08 Å². The Morgan fingerprint density at radius 3 is 2.23 bits per heavy atom. The molecule has 7 heteroatoms. The molecule has 1 atom stereocenters. The number of rotatable bonds is 9. The van der Waals surface area contributed by atoms with Crippen molar-refractivity contribution in [1.29, 1.82) is 0 Å². The molecule has 2 N–H and O–H groups in total. The standard InChI is InChI=1S/C24H26N2O5/c1-3-13-26(14-22(27)28)23(29)21(4-2)25-24(30)31-15-20-18-11-7-5-9-16(18)17-10-6-8-12-19(17)20/h3,5-12,20-21H,1,4,13-15H2,2H3,(H,25,30)(H,27,28). The van der Waals surface area contributed by atoms with E-state index in [1.807, 2.05) is 36.4 Å².